The van der Waals surface area contributed by atoms with E-state index in [0.717, 1.165) is 0 Å². The molecular weight excluding hydrogens is 295 g/mol. The smallest absolute Gasteiger partial charge is 0.287 e. The Morgan fingerprint density at radius 3 is 0.778 bits per heavy atom. The molecule has 0 rings (SSSR count). The summed E-state index contributed by atoms with van der Waals surface area (Å²) in [6, 6.07) is 0. The summed E-state index contributed by atoms with van der Waals surface area (Å²) in [4.78, 5) is 14.0. The van der Waals surface area contributed by atoms with Crippen LogP contribution >= 0.6 is 15.8 Å². The Morgan fingerprint density at radius 1 is 0.778 bits per heavy atom. The van der Waals surface area contributed by atoms with Crippen LogP contribution in [0.25, 0.3) is 0 Å². The molecule has 0 fully saturated rings. The van der Waals surface area contributed by atoms with E-state index in [-0.39, 0.29) is 48.9 Å². The first kappa shape index (κ1) is 16.7. The largest absolute Gasteiger partial charge is 0.465 e. The van der Waals surface area contributed by atoms with E-state index in [9.17, 15) is 0 Å². The molecular formula is H2BaO6P2. The van der Waals surface area contributed by atoms with E-state index in [0.29, 0.717) is 0 Å². The molecule has 6 nitrogen and oxygen atoms in total. The zero-order chi connectivity index (χ0) is 7.15. The second-order valence-corrected chi connectivity index (χ2v) is 1.43. The Bertz CT molecular complexity index is 128. The fourth-order valence-electron chi connectivity index (χ4n) is 0. The molecule has 0 atom stereocenters. The molecule has 0 aliphatic rings. The molecule has 0 saturated carbocycles. The zero-order valence-corrected chi connectivity index (χ0v) is 10.4. The summed E-state index contributed by atoms with van der Waals surface area (Å²) in [5.41, 5.74) is 0. The minimum atomic E-state index is -3.12. The number of hydrogen-bond acceptors (Lipinski definition) is 4. The van der Waals surface area contributed by atoms with Gasteiger partial charge in [-0.1, -0.05) is 0 Å². The van der Waals surface area contributed by atoms with Crippen LogP contribution in [0.5, 0.6) is 0 Å². The maximum absolute atomic E-state index is 8.59. The minimum absolute atomic E-state index is 0. The molecule has 2 radical (unpaired) electrons. The van der Waals surface area contributed by atoms with Gasteiger partial charge in [-0.3, -0.25) is 9.79 Å². The van der Waals surface area contributed by atoms with E-state index in [1.165, 1.54) is 0 Å². The van der Waals surface area contributed by atoms with E-state index in [1.54, 1.807) is 0 Å². The van der Waals surface area contributed by atoms with Crippen molar-refractivity contribution in [3.8, 4) is 0 Å². The first-order chi connectivity index (χ1) is 3.46. The average Bonchev–Trinajstić information content (AvgIpc) is 1.25. The van der Waals surface area contributed by atoms with Crippen LogP contribution in [-0.2, 0) is 18.3 Å². The maximum Gasteiger partial charge on any atom is 0.465 e. The third-order valence-electron chi connectivity index (χ3n) is 0. The Hall–Kier alpha value is 1.29. The molecule has 9 heteroatoms. The van der Waals surface area contributed by atoms with E-state index < -0.39 is 15.8 Å². The van der Waals surface area contributed by atoms with Crippen LogP contribution in [0.2, 0.25) is 0 Å². The summed E-state index contributed by atoms with van der Waals surface area (Å²) < 4.78 is 34.4. The summed E-state index contributed by atoms with van der Waals surface area (Å²) in [6.07, 6.45) is 0. The fourth-order valence-corrected chi connectivity index (χ4v) is 0. The Morgan fingerprint density at radius 2 is 0.778 bits per heavy atom. The van der Waals surface area contributed by atoms with Crippen LogP contribution in [-0.4, -0.2) is 58.7 Å². The predicted molar refractivity (Wildman–Crippen MR) is 26.8 cm³/mol. The Labute approximate surface area is 91.5 Å². The van der Waals surface area contributed by atoms with Crippen molar-refractivity contribution >= 4 is 64.7 Å². The zero-order valence-electron chi connectivity index (χ0n) is 4.13. The molecule has 9 heavy (non-hydrogen) atoms. The molecule has 50 valence electrons. The van der Waals surface area contributed by atoms with Crippen LogP contribution in [0.1, 0.15) is 0 Å². The van der Waals surface area contributed by atoms with Gasteiger partial charge in [0.05, 0.1) is 0 Å². The Kier molecular flexibility index (Phi) is 22.3. The Balaban J connectivity index is -0.0000000720. The topological polar surface area (TPSA) is 109 Å². The predicted octanol–water partition coefficient (Wildman–Crippen LogP) is -0.248. The van der Waals surface area contributed by atoms with Crippen molar-refractivity contribution in [1.29, 1.82) is 0 Å². The van der Waals surface area contributed by atoms with E-state index >= 15 is 0 Å². The quantitative estimate of drug-likeness (QED) is 0.471. The fraction of sp³-hybridized carbons (Fsp3) is 0. The van der Waals surface area contributed by atoms with Gasteiger partial charge >= 0.3 is 15.8 Å². The average molecular weight is 297 g/mol. The molecule has 2 N–H and O–H groups in total. The van der Waals surface area contributed by atoms with Crippen LogP contribution in [0, 0.1) is 0 Å². The molecule has 0 bridgehead atoms. The molecule has 0 unspecified atom stereocenters. The van der Waals surface area contributed by atoms with Crippen molar-refractivity contribution in [2.75, 3.05) is 0 Å². The third-order valence-corrected chi connectivity index (χ3v) is 0. The normalized spacial score (nSPS) is 5.56. The van der Waals surface area contributed by atoms with E-state index in [1.807, 2.05) is 0 Å². The molecule has 0 aromatic carbocycles. The van der Waals surface area contributed by atoms with Crippen LogP contribution in [0.15, 0.2) is 0 Å². The second kappa shape index (κ2) is 12.0. The van der Waals surface area contributed by atoms with E-state index in [2.05, 4.69) is 0 Å². The summed E-state index contributed by atoms with van der Waals surface area (Å²) in [7, 11) is -6.24. The van der Waals surface area contributed by atoms with Crippen molar-refractivity contribution in [2.24, 2.45) is 0 Å². The summed E-state index contributed by atoms with van der Waals surface area (Å²) in [6.45, 7) is 0. The van der Waals surface area contributed by atoms with Gasteiger partial charge in [-0.2, -0.15) is 0 Å². The molecule has 0 heterocycles. The standard InChI is InChI=1S/Ba.2HO3P/c;2*1-4(2)3/h;2*(H,1,2,3). The second-order valence-electron chi connectivity index (χ2n) is 0.476. The van der Waals surface area contributed by atoms with Crippen LogP contribution in [0.3, 0.4) is 0 Å². The van der Waals surface area contributed by atoms with Gasteiger partial charge in [0.25, 0.3) is 0 Å². The van der Waals surface area contributed by atoms with Gasteiger partial charge in [0, 0.05) is 48.9 Å². The van der Waals surface area contributed by atoms with Crippen molar-refractivity contribution in [3.63, 3.8) is 0 Å². The molecule has 0 spiro atoms. The first-order valence-corrected chi connectivity index (χ1v) is 3.39. The molecule has 0 amide bonds. The van der Waals surface area contributed by atoms with Gasteiger partial charge in [-0.15, -0.1) is 0 Å². The minimum Gasteiger partial charge on any atom is -0.287 e. The number of rotatable bonds is 0. The molecule has 0 aliphatic heterocycles. The molecule has 0 saturated heterocycles. The van der Waals surface area contributed by atoms with Crippen LogP contribution in [0.4, 0.5) is 0 Å². The van der Waals surface area contributed by atoms with E-state index in [4.69, 9.17) is 28.0 Å². The van der Waals surface area contributed by atoms with Crippen molar-refractivity contribution in [3.05, 3.63) is 0 Å². The summed E-state index contributed by atoms with van der Waals surface area (Å²) in [5.74, 6) is 0. The van der Waals surface area contributed by atoms with Gasteiger partial charge in [-0.25, -0.2) is 18.3 Å². The van der Waals surface area contributed by atoms with Gasteiger partial charge in [0.2, 0.25) is 0 Å². The van der Waals surface area contributed by atoms with Crippen LogP contribution < -0.4 is 0 Å². The number of hydrogen-bond donors (Lipinski definition) is 2. The van der Waals surface area contributed by atoms with Crippen molar-refractivity contribution in [2.45, 2.75) is 0 Å². The van der Waals surface area contributed by atoms with Crippen molar-refractivity contribution in [1.82, 2.24) is 0 Å². The molecule has 0 aliphatic carbocycles. The summed E-state index contributed by atoms with van der Waals surface area (Å²) in [5, 5.41) is 0. The first-order valence-electron chi connectivity index (χ1n) is 1.13. The maximum atomic E-state index is 8.59. The summed E-state index contributed by atoms with van der Waals surface area (Å²) >= 11 is 0. The third kappa shape index (κ3) is 296. The monoisotopic (exact) mass is 298 g/mol. The van der Waals surface area contributed by atoms with Gasteiger partial charge in [-0.05, 0) is 0 Å². The SMILES string of the molecule is O=P(=O)O.O=P(=O)O.[Ba]. The molecule has 0 aromatic rings. The molecule has 0 aromatic heterocycles. The van der Waals surface area contributed by atoms with Crippen molar-refractivity contribution < 1.29 is 28.0 Å². The van der Waals surface area contributed by atoms with Gasteiger partial charge in [0.1, 0.15) is 0 Å². The van der Waals surface area contributed by atoms with Gasteiger partial charge in [0.15, 0.2) is 0 Å². The van der Waals surface area contributed by atoms with Gasteiger partial charge < -0.3 is 0 Å².